The van der Waals surface area contributed by atoms with Crippen LogP contribution in [0.5, 0.6) is 11.5 Å². The number of ether oxygens (including phenoxy) is 1. The van der Waals surface area contributed by atoms with Crippen LogP contribution < -0.4 is 10.1 Å². The summed E-state index contributed by atoms with van der Waals surface area (Å²) >= 11 is 7.15. The molecule has 23 heavy (non-hydrogen) atoms. The van der Waals surface area contributed by atoms with Crippen molar-refractivity contribution in [3.8, 4) is 11.5 Å². The van der Waals surface area contributed by atoms with Crippen LogP contribution in [0.15, 0.2) is 15.0 Å². The van der Waals surface area contributed by atoms with E-state index in [1.54, 1.807) is 7.11 Å². The Kier molecular flexibility index (Phi) is 7.66. The van der Waals surface area contributed by atoms with Gasteiger partial charge in [-0.05, 0) is 49.9 Å². The fourth-order valence-corrected chi connectivity index (χ4v) is 4.12. The molecule has 0 amide bonds. The van der Waals surface area contributed by atoms with Crippen molar-refractivity contribution in [3.63, 3.8) is 0 Å². The van der Waals surface area contributed by atoms with Gasteiger partial charge in [0.25, 0.3) is 0 Å². The third kappa shape index (κ3) is 4.62. The maximum absolute atomic E-state index is 10.2. The van der Waals surface area contributed by atoms with Gasteiger partial charge in [0.1, 0.15) is 0 Å². The molecule has 0 saturated carbocycles. The van der Waals surface area contributed by atoms with Gasteiger partial charge in [0.15, 0.2) is 11.5 Å². The Morgan fingerprint density at radius 2 is 1.96 bits per heavy atom. The SMILES string of the molecule is CCCCC[C@@H](c1cc(OC)c(O)c(Br)c1Br)N1CCNCC1. The molecule has 1 saturated heterocycles. The highest BCUT2D eigenvalue weighted by atomic mass is 79.9. The van der Waals surface area contributed by atoms with Gasteiger partial charge in [-0.15, -0.1) is 0 Å². The maximum atomic E-state index is 10.2. The number of phenols is 1. The molecule has 0 aromatic heterocycles. The number of rotatable bonds is 7. The molecule has 130 valence electrons. The van der Waals surface area contributed by atoms with Gasteiger partial charge in [-0.3, -0.25) is 4.90 Å². The van der Waals surface area contributed by atoms with Crippen LogP contribution in [0.25, 0.3) is 0 Å². The monoisotopic (exact) mass is 448 g/mol. The van der Waals surface area contributed by atoms with Crippen molar-refractivity contribution in [2.75, 3.05) is 33.3 Å². The van der Waals surface area contributed by atoms with Crippen molar-refractivity contribution < 1.29 is 9.84 Å². The minimum atomic E-state index is 0.149. The van der Waals surface area contributed by atoms with Crippen molar-refractivity contribution >= 4 is 31.9 Å². The van der Waals surface area contributed by atoms with E-state index in [-0.39, 0.29) is 5.75 Å². The number of nitrogens with one attached hydrogen (secondary N) is 1. The van der Waals surface area contributed by atoms with Gasteiger partial charge in [-0.25, -0.2) is 0 Å². The van der Waals surface area contributed by atoms with E-state index in [1.165, 1.54) is 24.8 Å². The molecule has 1 aromatic carbocycles. The van der Waals surface area contributed by atoms with Crippen LogP contribution in [-0.4, -0.2) is 43.3 Å². The second kappa shape index (κ2) is 9.25. The van der Waals surface area contributed by atoms with Gasteiger partial charge in [-0.1, -0.05) is 26.2 Å². The Labute approximate surface area is 155 Å². The van der Waals surface area contributed by atoms with E-state index in [9.17, 15) is 5.11 Å². The van der Waals surface area contributed by atoms with Crippen LogP contribution in [0.4, 0.5) is 0 Å². The van der Waals surface area contributed by atoms with E-state index in [1.807, 2.05) is 6.07 Å². The fourth-order valence-electron chi connectivity index (χ4n) is 3.13. The van der Waals surface area contributed by atoms with Gasteiger partial charge in [-0.2, -0.15) is 0 Å². The predicted molar refractivity (Wildman–Crippen MR) is 101 cm³/mol. The molecule has 1 aliphatic heterocycles. The number of unbranched alkanes of at least 4 members (excludes halogenated alkanes) is 2. The number of halogens is 2. The lowest BCUT2D eigenvalue weighted by atomic mass is 9.97. The largest absolute Gasteiger partial charge is 0.503 e. The standard InChI is InChI=1S/C17H26Br2N2O2/c1-3-4-5-6-13(21-9-7-20-8-10-21)12-11-14(23-2)17(22)16(19)15(12)18/h11,13,20,22H,3-10H2,1-2H3/t13-/m0/s1. The van der Waals surface area contributed by atoms with Crippen molar-refractivity contribution in [2.24, 2.45) is 0 Å². The molecule has 1 aliphatic rings. The quantitative estimate of drug-likeness (QED) is 0.603. The third-order valence-corrected chi connectivity index (χ3v) is 6.58. The summed E-state index contributed by atoms with van der Waals surface area (Å²) in [6, 6.07) is 2.31. The first-order chi connectivity index (χ1) is 11.1. The summed E-state index contributed by atoms with van der Waals surface area (Å²) in [6.45, 7) is 6.38. The van der Waals surface area contributed by atoms with Crippen LogP contribution in [-0.2, 0) is 0 Å². The number of methoxy groups -OCH3 is 1. The normalized spacial score (nSPS) is 17.2. The van der Waals surface area contributed by atoms with Crippen LogP contribution in [0.2, 0.25) is 0 Å². The van der Waals surface area contributed by atoms with Crippen molar-refractivity contribution in [3.05, 3.63) is 20.6 Å². The van der Waals surface area contributed by atoms with Gasteiger partial charge < -0.3 is 15.2 Å². The van der Waals surface area contributed by atoms with Gasteiger partial charge in [0, 0.05) is 36.7 Å². The second-order valence-corrected chi connectivity index (χ2v) is 7.53. The summed E-state index contributed by atoms with van der Waals surface area (Å²) in [6.07, 6.45) is 4.79. The summed E-state index contributed by atoms with van der Waals surface area (Å²) < 4.78 is 6.95. The molecule has 1 heterocycles. The molecule has 0 spiro atoms. The smallest absolute Gasteiger partial charge is 0.173 e. The van der Waals surface area contributed by atoms with E-state index in [4.69, 9.17) is 4.74 Å². The molecule has 6 heteroatoms. The highest BCUT2D eigenvalue weighted by Crippen LogP contribution is 2.45. The Hall–Kier alpha value is -0.300. The second-order valence-electron chi connectivity index (χ2n) is 5.94. The van der Waals surface area contributed by atoms with Gasteiger partial charge >= 0.3 is 0 Å². The third-order valence-electron chi connectivity index (χ3n) is 4.43. The molecule has 0 unspecified atom stereocenters. The minimum absolute atomic E-state index is 0.149. The van der Waals surface area contributed by atoms with E-state index >= 15 is 0 Å². The first-order valence-electron chi connectivity index (χ1n) is 8.29. The molecule has 0 radical (unpaired) electrons. The minimum Gasteiger partial charge on any atom is -0.503 e. The van der Waals surface area contributed by atoms with Crippen molar-refractivity contribution in [2.45, 2.75) is 38.6 Å². The highest BCUT2D eigenvalue weighted by Gasteiger charge is 2.26. The zero-order valence-corrected chi connectivity index (χ0v) is 17.0. The Balaban J connectivity index is 2.34. The number of phenolic OH excluding ortho intramolecular Hbond substituents is 1. The van der Waals surface area contributed by atoms with E-state index in [2.05, 4.69) is 49.0 Å². The molecular formula is C17H26Br2N2O2. The molecule has 1 atom stereocenters. The Bertz CT molecular complexity index is 520. The van der Waals surface area contributed by atoms with Crippen molar-refractivity contribution in [1.82, 2.24) is 10.2 Å². The zero-order valence-electron chi connectivity index (χ0n) is 13.9. The lowest BCUT2D eigenvalue weighted by Gasteiger charge is -2.36. The molecule has 2 rings (SSSR count). The number of aromatic hydroxyl groups is 1. The summed E-state index contributed by atoms with van der Waals surface area (Å²) in [5.41, 5.74) is 1.18. The number of nitrogens with zero attached hydrogens (tertiary/aromatic N) is 1. The Morgan fingerprint density at radius 1 is 1.26 bits per heavy atom. The van der Waals surface area contributed by atoms with Gasteiger partial charge in [0.2, 0.25) is 0 Å². The highest BCUT2D eigenvalue weighted by molar-refractivity contribution is 9.13. The molecular weight excluding hydrogens is 424 g/mol. The maximum Gasteiger partial charge on any atom is 0.173 e. The van der Waals surface area contributed by atoms with Crippen LogP contribution in [0.1, 0.15) is 44.2 Å². The lowest BCUT2D eigenvalue weighted by molar-refractivity contribution is 0.162. The van der Waals surface area contributed by atoms with E-state index < -0.39 is 0 Å². The van der Waals surface area contributed by atoms with E-state index in [0.717, 1.165) is 37.1 Å². The topological polar surface area (TPSA) is 44.7 Å². The van der Waals surface area contributed by atoms with Crippen LogP contribution in [0, 0.1) is 0 Å². The van der Waals surface area contributed by atoms with E-state index in [0.29, 0.717) is 16.3 Å². The summed E-state index contributed by atoms with van der Waals surface area (Å²) in [5.74, 6) is 0.668. The number of benzene rings is 1. The average Bonchev–Trinajstić information content (AvgIpc) is 2.58. The number of piperazine rings is 1. The molecule has 0 bridgehead atoms. The molecule has 1 aromatic rings. The number of hydrogen-bond acceptors (Lipinski definition) is 4. The molecule has 0 aliphatic carbocycles. The summed E-state index contributed by atoms with van der Waals surface area (Å²) in [5, 5.41) is 13.6. The molecule has 4 nitrogen and oxygen atoms in total. The Morgan fingerprint density at radius 3 is 2.57 bits per heavy atom. The zero-order chi connectivity index (χ0) is 16.8. The summed E-state index contributed by atoms with van der Waals surface area (Å²) in [7, 11) is 1.59. The van der Waals surface area contributed by atoms with Crippen LogP contribution in [0.3, 0.4) is 0 Å². The number of hydrogen-bond donors (Lipinski definition) is 2. The van der Waals surface area contributed by atoms with Crippen molar-refractivity contribution in [1.29, 1.82) is 0 Å². The first-order valence-corrected chi connectivity index (χ1v) is 9.88. The van der Waals surface area contributed by atoms with Crippen LogP contribution >= 0.6 is 31.9 Å². The fraction of sp³-hybridized carbons (Fsp3) is 0.647. The van der Waals surface area contributed by atoms with Gasteiger partial charge in [0.05, 0.1) is 11.6 Å². The first kappa shape index (κ1) is 19.0. The average molecular weight is 450 g/mol. The molecule has 1 fully saturated rings. The summed E-state index contributed by atoms with van der Waals surface area (Å²) in [4.78, 5) is 2.54. The predicted octanol–water partition coefficient (Wildman–Crippen LogP) is 4.45. The molecule has 2 N–H and O–H groups in total. The lowest BCUT2D eigenvalue weighted by Crippen LogP contribution is -2.45.